The van der Waals surface area contributed by atoms with Gasteiger partial charge in [0.25, 0.3) is 0 Å². The van der Waals surface area contributed by atoms with Crippen LogP contribution in [0.25, 0.3) is 0 Å². The third-order valence-corrected chi connectivity index (χ3v) is 2.60. The van der Waals surface area contributed by atoms with Crippen molar-refractivity contribution in [2.75, 3.05) is 11.9 Å². The third kappa shape index (κ3) is 2.32. The van der Waals surface area contributed by atoms with Crippen molar-refractivity contribution < 1.29 is 0 Å². The molecule has 0 spiro atoms. The maximum Gasteiger partial charge on any atom is 0.202 e. The highest BCUT2D eigenvalue weighted by Gasteiger charge is 1.97. The summed E-state index contributed by atoms with van der Waals surface area (Å²) in [5.41, 5.74) is 0. The first kappa shape index (κ1) is 9.21. The number of anilines is 1. The third-order valence-electron chi connectivity index (χ3n) is 1.84. The van der Waals surface area contributed by atoms with Gasteiger partial charge in [0.05, 0.1) is 0 Å². The first-order valence-corrected chi connectivity index (χ1v) is 5.27. The van der Waals surface area contributed by atoms with Gasteiger partial charge in [0.2, 0.25) is 5.13 Å². The van der Waals surface area contributed by atoms with Crippen molar-refractivity contribution in [2.45, 2.75) is 13.5 Å². The maximum atomic E-state index is 4.22. The molecule has 0 amide bonds. The van der Waals surface area contributed by atoms with Gasteiger partial charge in [-0.15, -0.1) is 0 Å². The molecule has 0 unspecified atom stereocenters. The van der Waals surface area contributed by atoms with Crippen LogP contribution < -0.4 is 5.32 Å². The second kappa shape index (κ2) is 4.23. The Hall–Kier alpha value is -1.36. The van der Waals surface area contributed by atoms with Crippen LogP contribution in [0.3, 0.4) is 0 Å². The van der Waals surface area contributed by atoms with Crippen molar-refractivity contribution in [1.82, 2.24) is 13.9 Å². The van der Waals surface area contributed by atoms with E-state index in [2.05, 4.69) is 19.2 Å². The highest BCUT2D eigenvalue weighted by molar-refractivity contribution is 7.09. The summed E-state index contributed by atoms with van der Waals surface area (Å²) >= 11 is 1.41. The average molecular weight is 208 g/mol. The highest BCUT2D eigenvalue weighted by Crippen LogP contribution is 2.09. The largest absolute Gasteiger partial charge is 0.358 e. The molecule has 5 heteroatoms. The lowest BCUT2D eigenvalue weighted by atomic mass is 10.6. The fourth-order valence-electron chi connectivity index (χ4n) is 1.18. The second-order valence-corrected chi connectivity index (χ2v) is 3.75. The van der Waals surface area contributed by atoms with E-state index in [9.17, 15) is 0 Å². The number of hydrogen-bond acceptors (Lipinski definition) is 4. The quantitative estimate of drug-likeness (QED) is 0.832. The standard InChI is InChI=1S/C9H12N4S/c1-8-11-9(14-12-8)10-4-7-13-5-2-3-6-13/h2-3,5-6H,4,7H2,1H3,(H,10,11,12). The molecule has 14 heavy (non-hydrogen) atoms. The normalized spacial score (nSPS) is 10.4. The van der Waals surface area contributed by atoms with Crippen LogP contribution in [0.2, 0.25) is 0 Å². The minimum Gasteiger partial charge on any atom is -0.358 e. The Morgan fingerprint density at radius 1 is 1.43 bits per heavy atom. The Balaban J connectivity index is 1.78. The zero-order chi connectivity index (χ0) is 9.80. The number of nitrogens with one attached hydrogen (secondary N) is 1. The van der Waals surface area contributed by atoms with E-state index >= 15 is 0 Å². The summed E-state index contributed by atoms with van der Waals surface area (Å²) in [4.78, 5) is 4.22. The fourth-order valence-corrected chi connectivity index (χ4v) is 1.78. The van der Waals surface area contributed by atoms with Crippen LogP contribution in [0, 0.1) is 6.92 Å². The van der Waals surface area contributed by atoms with Gasteiger partial charge >= 0.3 is 0 Å². The Morgan fingerprint density at radius 2 is 2.21 bits per heavy atom. The van der Waals surface area contributed by atoms with Crippen molar-refractivity contribution in [1.29, 1.82) is 0 Å². The van der Waals surface area contributed by atoms with Gasteiger partial charge in [0, 0.05) is 37.0 Å². The summed E-state index contributed by atoms with van der Waals surface area (Å²) < 4.78 is 6.22. The molecule has 0 saturated carbocycles. The van der Waals surface area contributed by atoms with Crippen LogP contribution in [0.1, 0.15) is 5.82 Å². The van der Waals surface area contributed by atoms with Crippen molar-refractivity contribution in [3.63, 3.8) is 0 Å². The van der Waals surface area contributed by atoms with Crippen molar-refractivity contribution in [2.24, 2.45) is 0 Å². The van der Waals surface area contributed by atoms with Gasteiger partial charge < -0.3 is 9.88 Å². The average Bonchev–Trinajstić information content (AvgIpc) is 2.77. The fraction of sp³-hybridized carbons (Fsp3) is 0.333. The van der Waals surface area contributed by atoms with E-state index in [-0.39, 0.29) is 0 Å². The van der Waals surface area contributed by atoms with Gasteiger partial charge in [0.1, 0.15) is 5.82 Å². The highest BCUT2D eigenvalue weighted by atomic mass is 32.1. The van der Waals surface area contributed by atoms with Crippen LogP contribution in [0.4, 0.5) is 5.13 Å². The summed E-state index contributed by atoms with van der Waals surface area (Å²) in [6.07, 6.45) is 4.10. The summed E-state index contributed by atoms with van der Waals surface area (Å²) in [6.45, 7) is 3.72. The Bertz CT molecular complexity index is 379. The molecule has 0 bridgehead atoms. The lowest BCUT2D eigenvalue weighted by Crippen LogP contribution is -2.08. The zero-order valence-electron chi connectivity index (χ0n) is 7.97. The zero-order valence-corrected chi connectivity index (χ0v) is 8.79. The monoisotopic (exact) mass is 208 g/mol. The molecule has 2 aromatic rings. The van der Waals surface area contributed by atoms with Gasteiger partial charge in [-0.25, -0.2) is 4.98 Å². The summed E-state index contributed by atoms with van der Waals surface area (Å²) in [6, 6.07) is 4.05. The maximum absolute atomic E-state index is 4.22. The topological polar surface area (TPSA) is 42.7 Å². The molecule has 0 radical (unpaired) electrons. The Morgan fingerprint density at radius 3 is 2.86 bits per heavy atom. The molecule has 0 aromatic carbocycles. The number of hydrogen-bond donors (Lipinski definition) is 1. The minimum absolute atomic E-state index is 0.832. The second-order valence-electron chi connectivity index (χ2n) is 2.99. The molecule has 0 aliphatic heterocycles. The first-order valence-electron chi connectivity index (χ1n) is 4.49. The lowest BCUT2D eigenvalue weighted by Gasteiger charge is -2.02. The van der Waals surface area contributed by atoms with E-state index < -0.39 is 0 Å². The molecule has 2 heterocycles. The smallest absolute Gasteiger partial charge is 0.202 e. The van der Waals surface area contributed by atoms with Crippen LogP contribution in [0.5, 0.6) is 0 Å². The van der Waals surface area contributed by atoms with E-state index in [0.29, 0.717) is 0 Å². The summed E-state index contributed by atoms with van der Waals surface area (Å²) in [7, 11) is 0. The van der Waals surface area contributed by atoms with Crippen LogP contribution in [0.15, 0.2) is 24.5 Å². The van der Waals surface area contributed by atoms with Gasteiger partial charge in [-0.05, 0) is 19.1 Å². The molecule has 0 aliphatic carbocycles. The SMILES string of the molecule is Cc1nsc(NCCn2cccc2)n1. The summed E-state index contributed by atoms with van der Waals surface area (Å²) in [5, 5.41) is 4.13. The van der Waals surface area contributed by atoms with E-state index in [1.54, 1.807) is 0 Å². The Labute approximate surface area is 86.8 Å². The van der Waals surface area contributed by atoms with Gasteiger partial charge in [0.15, 0.2) is 0 Å². The van der Waals surface area contributed by atoms with Gasteiger partial charge in [-0.2, -0.15) is 4.37 Å². The van der Waals surface area contributed by atoms with E-state index in [0.717, 1.165) is 24.0 Å². The molecule has 4 nitrogen and oxygen atoms in total. The van der Waals surface area contributed by atoms with Crippen LogP contribution in [-0.2, 0) is 6.54 Å². The van der Waals surface area contributed by atoms with Crippen molar-refractivity contribution >= 4 is 16.7 Å². The van der Waals surface area contributed by atoms with E-state index in [1.807, 2.05) is 31.5 Å². The number of aromatic nitrogens is 3. The van der Waals surface area contributed by atoms with Crippen molar-refractivity contribution in [3.8, 4) is 0 Å². The van der Waals surface area contributed by atoms with Crippen LogP contribution in [-0.4, -0.2) is 20.5 Å². The van der Waals surface area contributed by atoms with E-state index in [1.165, 1.54) is 11.5 Å². The first-order chi connectivity index (χ1) is 6.84. The molecule has 74 valence electrons. The molecule has 0 atom stereocenters. The molecular formula is C9H12N4S. The predicted molar refractivity (Wildman–Crippen MR) is 57.6 cm³/mol. The van der Waals surface area contributed by atoms with Crippen LogP contribution >= 0.6 is 11.5 Å². The molecule has 2 aromatic heterocycles. The molecule has 0 aliphatic rings. The van der Waals surface area contributed by atoms with Gasteiger partial charge in [-0.1, -0.05) is 0 Å². The van der Waals surface area contributed by atoms with Gasteiger partial charge in [-0.3, -0.25) is 0 Å². The lowest BCUT2D eigenvalue weighted by molar-refractivity contribution is 0.732. The number of rotatable bonds is 4. The van der Waals surface area contributed by atoms with E-state index in [4.69, 9.17) is 0 Å². The molecule has 0 saturated heterocycles. The van der Waals surface area contributed by atoms with Crippen molar-refractivity contribution in [3.05, 3.63) is 30.4 Å². The Kier molecular flexibility index (Phi) is 2.78. The summed E-state index contributed by atoms with van der Waals surface area (Å²) in [5.74, 6) is 0.832. The molecule has 1 N–H and O–H groups in total. The molecular weight excluding hydrogens is 196 g/mol. The number of aryl methyl sites for hydroxylation is 1. The molecule has 2 rings (SSSR count). The minimum atomic E-state index is 0.832. The predicted octanol–water partition coefficient (Wildman–Crippen LogP) is 1.76. The molecule has 0 fully saturated rings. The number of nitrogens with zero attached hydrogens (tertiary/aromatic N) is 3.